The Hall–Kier alpha value is -3.36. The average molecular weight is 504 g/mol. The number of benzene rings is 2. The SMILES string of the molecule is CCCCCN1C(=O)/C(=C/c2cn(-c3ccccc3)nc2-c2cc3cccc(OC)c3o2)SC1=S. The molecule has 4 aromatic rings. The van der Waals surface area contributed by atoms with Crippen LogP contribution in [0.25, 0.3) is 34.2 Å². The first kappa shape index (κ1) is 23.4. The first-order valence-corrected chi connectivity index (χ1v) is 12.8. The van der Waals surface area contributed by atoms with Crippen LogP contribution in [-0.2, 0) is 4.79 Å². The molecule has 1 aliphatic heterocycles. The molecule has 8 heteroatoms. The standard InChI is InChI=1S/C27H25N3O3S2/c1-3-4-8-14-29-26(31)23(35-27(29)34)16-19-17-30(20-11-6-5-7-12-20)28-24(19)22-15-18-10-9-13-21(32-2)25(18)33-22/h5-7,9-13,15-17H,3-4,8,14H2,1-2H3/b23-16-. The number of amides is 1. The summed E-state index contributed by atoms with van der Waals surface area (Å²) in [5.74, 6) is 1.20. The van der Waals surface area contributed by atoms with E-state index in [-0.39, 0.29) is 5.91 Å². The van der Waals surface area contributed by atoms with Crippen LogP contribution in [0.5, 0.6) is 5.75 Å². The molecule has 5 rings (SSSR count). The van der Waals surface area contributed by atoms with Crippen molar-refractivity contribution in [3.05, 3.63) is 71.3 Å². The minimum Gasteiger partial charge on any atom is -0.493 e. The van der Waals surface area contributed by atoms with Crippen LogP contribution in [0, 0.1) is 0 Å². The van der Waals surface area contributed by atoms with Crippen molar-refractivity contribution < 1.29 is 13.9 Å². The van der Waals surface area contributed by atoms with Crippen LogP contribution in [0.3, 0.4) is 0 Å². The summed E-state index contributed by atoms with van der Waals surface area (Å²) in [6.45, 7) is 2.79. The van der Waals surface area contributed by atoms with E-state index in [1.165, 1.54) is 11.8 Å². The van der Waals surface area contributed by atoms with Gasteiger partial charge in [-0.05, 0) is 36.8 Å². The second kappa shape index (κ2) is 10.1. The molecule has 1 amide bonds. The Labute approximate surface area is 213 Å². The molecule has 1 fully saturated rings. The molecule has 178 valence electrons. The summed E-state index contributed by atoms with van der Waals surface area (Å²) in [6, 6.07) is 17.6. The van der Waals surface area contributed by atoms with Crippen LogP contribution in [0.2, 0.25) is 0 Å². The maximum atomic E-state index is 13.1. The Balaban J connectivity index is 1.58. The lowest BCUT2D eigenvalue weighted by atomic mass is 10.1. The quantitative estimate of drug-likeness (QED) is 0.152. The number of nitrogens with zero attached hydrogens (tertiary/aromatic N) is 3. The van der Waals surface area contributed by atoms with Crippen molar-refractivity contribution in [3.63, 3.8) is 0 Å². The van der Waals surface area contributed by atoms with Gasteiger partial charge in [-0.2, -0.15) is 5.10 Å². The lowest BCUT2D eigenvalue weighted by Gasteiger charge is -2.13. The highest BCUT2D eigenvalue weighted by Crippen LogP contribution is 2.37. The van der Waals surface area contributed by atoms with Gasteiger partial charge in [0.05, 0.1) is 17.7 Å². The molecule has 0 aliphatic carbocycles. The molecule has 0 bridgehead atoms. The van der Waals surface area contributed by atoms with E-state index < -0.39 is 0 Å². The van der Waals surface area contributed by atoms with E-state index in [4.69, 9.17) is 26.5 Å². The van der Waals surface area contributed by atoms with Crippen molar-refractivity contribution in [2.45, 2.75) is 26.2 Å². The van der Waals surface area contributed by atoms with Gasteiger partial charge in [0, 0.05) is 23.7 Å². The molecule has 0 unspecified atom stereocenters. The first-order chi connectivity index (χ1) is 17.1. The number of methoxy groups -OCH3 is 1. The Bertz CT molecular complexity index is 1420. The lowest BCUT2D eigenvalue weighted by molar-refractivity contribution is -0.122. The number of hydrogen-bond donors (Lipinski definition) is 0. The molecule has 2 aromatic carbocycles. The van der Waals surface area contributed by atoms with Gasteiger partial charge in [-0.25, -0.2) is 4.68 Å². The maximum Gasteiger partial charge on any atom is 0.266 e. The summed E-state index contributed by atoms with van der Waals surface area (Å²) < 4.78 is 14.1. The molecule has 2 aromatic heterocycles. The van der Waals surface area contributed by atoms with Crippen LogP contribution in [0.1, 0.15) is 31.7 Å². The number of carbonyl (C=O) groups excluding carboxylic acids is 1. The minimum atomic E-state index is -0.0548. The summed E-state index contributed by atoms with van der Waals surface area (Å²) in [5, 5.41) is 5.76. The highest BCUT2D eigenvalue weighted by Gasteiger charge is 2.32. The monoisotopic (exact) mass is 503 g/mol. The molecule has 0 atom stereocenters. The topological polar surface area (TPSA) is 60.5 Å². The summed E-state index contributed by atoms with van der Waals surface area (Å²) in [6.07, 6.45) is 6.88. The zero-order chi connectivity index (χ0) is 24.4. The third-order valence-electron chi connectivity index (χ3n) is 5.87. The van der Waals surface area contributed by atoms with Crippen LogP contribution in [0.4, 0.5) is 0 Å². The Morgan fingerprint density at radius 3 is 2.74 bits per heavy atom. The van der Waals surface area contributed by atoms with Gasteiger partial charge in [-0.3, -0.25) is 9.69 Å². The van der Waals surface area contributed by atoms with Crippen molar-refractivity contribution in [2.24, 2.45) is 0 Å². The number of rotatable bonds is 8. The zero-order valence-corrected chi connectivity index (χ0v) is 21.2. The normalized spacial score (nSPS) is 15.0. The highest BCUT2D eigenvalue weighted by atomic mass is 32.2. The number of unbranched alkanes of at least 4 members (excludes halogenated alkanes) is 2. The lowest BCUT2D eigenvalue weighted by Crippen LogP contribution is -2.28. The first-order valence-electron chi connectivity index (χ1n) is 11.6. The van der Waals surface area contributed by atoms with Crippen LogP contribution in [0.15, 0.2) is 70.1 Å². The highest BCUT2D eigenvalue weighted by molar-refractivity contribution is 8.26. The fourth-order valence-corrected chi connectivity index (χ4v) is 5.36. The van der Waals surface area contributed by atoms with Gasteiger partial charge >= 0.3 is 0 Å². The third-order valence-corrected chi connectivity index (χ3v) is 7.25. The molecular weight excluding hydrogens is 478 g/mol. The van der Waals surface area contributed by atoms with Gasteiger partial charge in [-0.15, -0.1) is 0 Å². The smallest absolute Gasteiger partial charge is 0.266 e. The number of aromatic nitrogens is 2. The molecule has 0 N–H and O–H groups in total. The van der Waals surface area contributed by atoms with Crippen LogP contribution < -0.4 is 4.74 Å². The van der Waals surface area contributed by atoms with E-state index in [2.05, 4.69) is 6.92 Å². The van der Waals surface area contributed by atoms with E-state index in [0.29, 0.717) is 38.6 Å². The summed E-state index contributed by atoms with van der Waals surface area (Å²) in [5.41, 5.74) is 2.99. The number of carbonyl (C=O) groups is 1. The van der Waals surface area contributed by atoms with Crippen molar-refractivity contribution >= 4 is 51.3 Å². The third kappa shape index (κ3) is 4.63. The van der Waals surface area contributed by atoms with Gasteiger partial charge in [-0.1, -0.05) is 74.1 Å². The molecule has 6 nitrogen and oxygen atoms in total. The number of para-hydroxylation sites is 2. The van der Waals surface area contributed by atoms with E-state index in [9.17, 15) is 4.79 Å². The van der Waals surface area contributed by atoms with E-state index in [0.717, 1.165) is 35.9 Å². The van der Waals surface area contributed by atoms with Crippen molar-refractivity contribution in [2.75, 3.05) is 13.7 Å². The molecule has 0 saturated carbocycles. The van der Waals surface area contributed by atoms with E-state index >= 15 is 0 Å². The number of fused-ring (bicyclic) bond motifs is 1. The van der Waals surface area contributed by atoms with Gasteiger partial charge < -0.3 is 9.15 Å². The van der Waals surface area contributed by atoms with Crippen molar-refractivity contribution in [3.8, 4) is 22.9 Å². The molecule has 35 heavy (non-hydrogen) atoms. The van der Waals surface area contributed by atoms with Crippen LogP contribution >= 0.6 is 24.0 Å². The molecule has 1 saturated heterocycles. The number of thiocarbonyl (C=S) groups is 1. The molecule has 1 aliphatic rings. The van der Waals surface area contributed by atoms with E-state index in [1.807, 2.05) is 66.9 Å². The van der Waals surface area contributed by atoms with Gasteiger partial charge in [0.2, 0.25) is 0 Å². The predicted molar refractivity (Wildman–Crippen MR) is 145 cm³/mol. The van der Waals surface area contributed by atoms with Gasteiger partial charge in [0.25, 0.3) is 5.91 Å². The summed E-state index contributed by atoms with van der Waals surface area (Å²) in [4.78, 5) is 15.4. The Kier molecular flexibility index (Phi) is 6.74. The molecular formula is C27H25N3O3S2. The van der Waals surface area contributed by atoms with Crippen LogP contribution in [-0.4, -0.2) is 38.6 Å². The van der Waals surface area contributed by atoms with Gasteiger partial charge in [0.1, 0.15) is 10.0 Å². The fraction of sp³-hybridized carbons (Fsp3) is 0.222. The Morgan fingerprint density at radius 1 is 1.14 bits per heavy atom. The van der Waals surface area contributed by atoms with Crippen molar-refractivity contribution in [1.82, 2.24) is 14.7 Å². The molecule has 0 spiro atoms. The zero-order valence-electron chi connectivity index (χ0n) is 19.6. The molecule has 0 radical (unpaired) electrons. The number of hydrogen-bond acceptors (Lipinski definition) is 6. The number of furan rings is 1. The number of thioether (sulfide) groups is 1. The fourth-order valence-electron chi connectivity index (χ4n) is 4.07. The largest absolute Gasteiger partial charge is 0.493 e. The molecule has 3 heterocycles. The second-order valence-corrected chi connectivity index (χ2v) is 9.92. The average Bonchev–Trinajstić information content (AvgIpc) is 3.56. The van der Waals surface area contributed by atoms with Crippen molar-refractivity contribution in [1.29, 1.82) is 0 Å². The Morgan fingerprint density at radius 2 is 1.97 bits per heavy atom. The predicted octanol–water partition coefficient (Wildman–Crippen LogP) is 6.69. The summed E-state index contributed by atoms with van der Waals surface area (Å²) in [7, 11) is 1.62. The van der Waals surface area contributed by atoms with E-state index in [1.54, 1.807) is 16.7 Å². The maximum absolute atomic E-state index is 13.1. The minimum absolute atomic E-state index is 0.0548. The number of ether oxygens (including phenoxy) is 1. The van der Waals surface area contributed by atoms with Gasteiger partial charge in [0.15, 0.2) is 17.1 Å². The summed E-state index contributed by atoms with van der Waals surface area (Å²) >= 11 is 6.85. The second-order valence-electron chi connectivity index (χ2n) is 8.24.